The van der Waals surface area contributed by atoms with E-state index in [0.717, 1.165) is 40.1 Å². The first-order chi connectivity index (χ1) is 15.9. The number of aliphatic carboxylic acids is 1. The molecule has 2 aromatic carbocycles. The number of aromatic nitrogens is 3. The highest BCUT2D eigenvalue weighted by atomic mass is 32.2. The molecule has 1 fully saturated rings. The second kappa shape index (κ2) is 8.61. The Morgan fingerprint density at radius 3 is 2.35 bits per heavy atom. The number of fused-ring (bicyclic) bond motifs is 1. The van der Waals surface area contributed by atoms with Crippen LogP contribution in [-0.2, 0) is 15.8 Å². The average molecular weight is 493 g/mol. The number of nitrogens with one attached hydrogen (secondary N) is 1. The Balaban J connectivity index is 1.81. The van der Waals surface area contributed by atoms with Crippen molar-refractivity contribution in [3.05, 3.63) is 47.8 Å². The van der Waals surface area contributed by atoms with Gasteiger partial charge in [-0.05, 0) is 56.5 Å². The number of hydrogen-bond donors (Lipinski definition) is 2. The molecule has 1 saturated carbocycles. The summed E-state index contributed by atoms with van der Waals surface area (Å²) in [5.41, 5.74) is 1.35. The fraction of sp³-hybridized carbons (Fsp3) is 0.391. The number of alkyl halides is 3. The van der Waals surface area contributed by atoms with Crippen LogP contribution < -0.4 is 5.32 Å². The molecule has 4 rings (SSSR count). The number of thioether (sulfide) groups is 1. The molecule has 2 N–H and O–H groups in total. The second-order valence-electron chi connectivity index (χ2n) is 8.78. The van der Waals surface area contributed by atoms with Crippen LogP contribution in [0.2, 0.25) is 0 Å². The van der Waals surface area contributed by atoms with E-state index in [2.05, 4.69) is 15.5 Å². The molecule has 0 radical (unpaired) electrons. The highest BCUT2D eigenvalue weighted by molar-refractivity contribution is 8.01. The van der Waals surface area contributed by atoms with E-state index in [1.54, 1.807) is 18.2 Å². The van der Waals surface area contributed by atoms with Gasteiger partial charge in [0.2, 0.25) is 11.7 Å². The Bertz CT molecular complexity index is 1270. The summed E-state index contributed by atoms with van der Waals surface area (Å²) in [5, 5.41) is 20.0. The molecule has 11 heteroatoms. The summed E-state index contributed by atoms with van der Waals surface area (Å²) in [4.78, 5) is 23.8. The normalized spacial score (nSPS) is 15.4. The van der Waals surface area contributed by atoms with Crippen LogP contribution in [0.4, 0.5) is 13.2 Å². The number of carboxylic acid groups (broad SMARTS) is 1. The van der Waals surface area contributed by atoms with E-state index in [1.807, 2.05) is 18.2 Å². The van der Waals surface area contributed by atoms with Gasteiger partial charge in [-0.1, -0.05) is 42.1 Å². The summed E-state index contributed by atoms with van der Waals surface area (Å²) in [7, 11) is 0. The van der Waals surface area contributed by atoms with Crippen molar-refractivity contribution in [3.8, 4) is 5.69 Å². The SMILES string of the molecule is CC(NC(=O)C(C)(C)Sc1nnc(C(F)(F)F)n1-c1ccc(C2CC2)c2ccccc12)C(=O)O. The van der Waals surface area contributed by atoms with Gasteiger partial charge < -0.3 is 10.4 Å². The van der Waals surface area contributed by atoms with Crippen LogP contribution in [0.5, 0.6) is 0 Å². The van der Waals surface area contributed by atoms with Crippen molar-refractivity contribution in [1.29, 1.82) is 0 Å². The van der Waals surface area contributed by atoms with E-state index in [4.69, 9.17) is 5.11 Å². The second-order valence-corrected chi connectivity index (χ2v) is 10.4. The molecule has 0 aliphatic heterocycles. The van der Waals surface area contributed by atoms with Gasteiger partial charge in [0.15, 0.2) is 5.16 Å². The number of carbonyl (C=O) groups excluding carboxylic acids is 1. The van der Waals surface area contributed by atoms with Crippen LogP contribution in [0.25, 0.3) is 16.5 Å². The van der Waals surface area contributed by atoms with Gasteiger partial charge in [-0.25, -0.2) is 0 Å². The molecule has 3 aromatic rings. The minimum atomic E-state index is -4.79. The molecule has 0 bridgehead atoms. The zero-order chi connectivity index (χ0) is 24.8. The molecule has 1 unspecified atom stereocenters. The molecule has 1 aromatic heterocycles. The standard InChI is InChI=1S/C23H23F3N4O3S/c1-12(18(31)32)27-20(33)22(2,3)34-21-29-28-19(23(24,25)26)30(21)17-11-10-14(13-8-9-13)15-6-4-5-7-16(15)17/h4-7,10-13H,8-9H2,1-3H3,(H,27,33)(H,31,32). The third-order valence-electron chi connectivity index (χ3n) is 5.69. The maximum atomic E-state index is 13.9. The smallest absolute Gasteiger partial charge is 0.452 e. The van der Waals surface area contributed by atoms with Crippen LogP contribution in [0.3, 0.4) is 0 Å². The first-order valence-electron chi connectivity index (χ1n) is 10.7. The Morgan fingerprint density at radius 2 is 1.76 bits per heavy atom. The third kappa shape index (κ3) is 4.61. The molecule has 1 atom stereocenters. The van der Waals surface area contributed by atoms with E-state index >= 15 is 0 Å². The highest BCUT2D eigenvalue weighted by Crippen LogP contribution is 2.45. The minimum absolute atomic E-state index is 0.125. The number of halogens is 3. The molecule has 0 spiro atoms. The number of rotatable bonds is 7. The topological polar surface area (TPSA) is 97.1 Å². The van der Waals surface area contributed by atoms with E-state index in [-0.39, 0.29) is 10.8 Å². The van der Waals surface area contributed by atoms with Crippen molar-refractivity contribution in [2.24, 2.45) is 0 Å². The van der Waals surface area contributed by atoms with Gasteiger partial charge in [0.1, 0.15) is 6.04 Å². The maximum Gasteiger partial charge on any atom is 0.452 e. The number of hydrogen-bond acceptors (Lipinski definition) is 5. The summed E-state index contributed by atoms with van der Waals surface area (Å²) in [5.74, 6) is -2.67. The quantitative estimate of drug-likeness (QED) is 0.461. The van der Waals surface area contributed by atoms with Crippen molar-refractivity contribution in [2.45, 2.75) is 61.7 Å². The fourth-order valence-electron chi connectivity index (χ4n) is 3.70. The minimum Gasteiger partial charge on any atom is -0.480 e. The number of amides is 1. The molecule has 180 valence electrons. The molecule has 34 heavy (non-hydrogen) atoms. The zero-order valence-corrected chi connectivity index (χ0v) is 19.5. The number of carboxylic acids is 1. The molecular weight excluding hydrogens is 469 g/mol. The van der Waals surface area contributed by atoms with E-state index in [1.165, 1.54) is 20.8 Å². The van der Waals surface area contributed by atoms with Crippen molar-refractivity contribution < 1.29 is 27.9 Å². The number of carbonyl (C=O) groups is 2. The van der Waals surface area contributed by atoms with Crippen LogP contribution in [0, 0.1) is 0 Å². The maximum absolute atomic E-state index is 13.9. The van der Waals surface area contributed by atoms with Gasteiger partial charge >= 0.3 is 12.1 Å². The lowest BCUT2D eigenvalue weighted by molar-refractivity contribution is -0.146. The molecule has 1 aliphatic rings. The summed E-state index contributed by atoms with van der Waals surface area (Å²) in [6.07, 6.45) is -2.70. The summed E-state index contributed by atoms with van der Waals surface area (Å²) >= 11 is 0.782. The van der Waals surface area contributed by atoms with E-state index in [0.29, 0.717) is 11.3 Å². The molecule has 1 heterocycles. The van der Waals surface area contributed by atoms with Gasteiger partial charge in [-0.3, -0.25) is 14.2 Å². The molecule has 1 amide bonds. The Labute approximate surface area is 197 Å². The van der Waals surface area contributed by atoms with Crippen LogP contribution in [-0.4, -0.2) is 42.5 Å². The van der Waals surface area contributed by atoms with E-state index in [9.17, 15) is 22.8 Å². The molecule has 1 aliphatic carbocycles. The lowest BCUT2D eigenvalue weighted by atomic mass is 9.99. The number of benzene rings is 2. The Hall–Kier alpha value is -3.08. The molecular formula is C23H23F3N4O3S. The van der Waals surface area contributed by atoms with Gasteiger partial charge in [-0.15, -0.1) is 10.2 Å². The third-order valence-corrected chi connectivity index (χ3v) is 6.83. The lowest BCUT2D eigenvalue weighted by Gasteiger charge is -2.24. The lowest BCUT2D eigenvalue weighted by Crippen LogP contribution is -2.47. The Kier molecular flexibility index (Phi) is 6.09. The van der Waals surface area contributed by atoms with Crippen molar-refractivity contribution in [1.82, 2.24) is 20.1 Å². The highest BCUT2D eigenvalue weighted by Gasteiger charge is 2.41. The van der Waals surface area contributed by atoms with Crippen molar-refractivity contribution in [2.75, 3.05) is 0 Å². The largest absolute Gasteiger partial charge is 0.480 e. The predicted molar refractivity (Wildman–Crippen MR) is 121 cm³/mol. The van der Waals surface area contributed by atoms with Crippen molar-refractivity contribution in [3.63, 3.8) is 0 Å². The van der Waals surface area contributed by atoms with Gasteiger partial charge in [0.25, 0.3) is 0 Å². The average Bonchev–Trinajstić information content (AvgIpc) is 3.52. The van der Waals surface area contributed by atoms with Gasteiger partial charge in [0.05, 0.1) is 10.4 Å². The van der Waals surface area contributed by atoms with Crippen LogP contribution in [0.1, 0.15) is 50.9 Å². The first-order valence-corrected chi connectivity index (χ1v) is 11.5. The van der Waals surface area contributed by atoms with Crippen LogP contribution >= 0.6 is 11.8 Å². The van der Waals surface area contributed by atoms with E-state index < -0.39 is 34.7 Å². The summed E-state index contributed by atoms with van der Waals surface area (Å²) in [6, 6.07) is 9.59. The Morgan fingerprint density at radius 1 is 1.12 bits per heavy atom. The summed E-state index contributed by atoms with van der Waals surface area (Å²) < 4.78 is 41.4. The molecule has 0 saturated heterocycles. The summed E-state index contributed by atoms with van der Waals surface area (Å²) in [6.45, 7) is 4.28. The van der Waals surface area contributed by atoms with Crippen molar-refractivity contribution >= 4 is 34.4 Å². The monoisotopic (exact) mass is 492 g/mol. The zero-order valence-electron chi connectivity index (χ0n) is 18.7. The first kappa shape index (κ1) is 24.1. The predicted octanol–water partition coefficient (Wildman–Crippen LogP) is 4.78. The number of nitrogens with zero attached hydrogens (tertiary/aromatic N) is 3. The van der Waals surface area contributed by atoms with Crippen LogP contribution in [0.15, 0.2) is 41.6 Å². The van der Waals surface area contributed by atoms with Gasteiger partial charge in [-0.2, -0.15) is 13.2 Å². The van der Waals surface area contributed by atoms with Gasteiger partial charge in [0, 0.05) is 5.39 Å². The molecule has 7 nitrogen and oxygen atoms in total. The fourth-order valence-corrected chi connectivity index (χ4v) is 4.66.